The Kier molecular flexibility index (Phi) is 4.71. The quantitative estimate of drug-likeness (QED) is 0.734. The summed E-state index contributed by atoms with van der Waals surface area (Å²) in [5.74, 6) is 0. The van der Waals surface area contributed by atoms with Gasteiger partial charge >= 0.3 is 0 Å². The molecule has 76 valence electrons. The van der Waals surface area contributed by atoms with Crippen LogP contribution in [0.3, 0.4) is 0 Å². The Labute approximate surface area is 90.8 Å². The molecule has 0 fully saturated rings. The maximum absolute atomic E-state index is 6.02. The minimum atomic E-state index is 0.448. The van der Waals surface area contributed by atoms with Crippen LogP contribution < -0.4 is 5.32 Å². The van der Waals surface area contributed by atoms with E-state index in [0.717, 1.165) is 23.6 Å². The molecule has 0 aromatic heterocycles. The molecule has 2 heteroatoms. The summed E-state index contributed by atoms with van der Waals surface area (Å²) >= 11 is 6.02. The molecular weight excluding hydrogens is 194 g/mol. The molecule has 14 heavy (non-hydrogen) atoms. The third-order valence-corrected chi connectivity index (χ3v) is 2.49. The molecule has 0 heterocycles. The monoisotopic (exact) mass is 209 g/mol. The van der Waals surface area contributed by atoms with Gasteiger partial charge < -0.3 is 5.32 Å². The number of hydrogen-bond acceptors (Lipinski definition) is 1. The predicted molar refractivity (Wildman–Crippen MR) is 62.6 cm³/mol. The fourth-order valence-corrected chi connectivity index (χ4v) is 1.46. The zero-order valence-electron chi connectivity index (χ0n) is 8.46. The Hall–Kier alpha value is -0.790. The van der Waals surface area contributed by atoms with Gasteiger partial charge in [-0.1, -0.05) is 35.9 Å². The van der Waals surface area contributed by atoms with Crippen LogP contribution in [0.25, 0.3) is 0 Å². The minimum Gasteiger partial charge on any atom is -0.310 e. The van der Waals surface area contributed by atoms with Gasteiger partial charge in [-0.15, -0.1) is 6.58 Å². The van der Waals surface area contributed by atoms with Gasteiger partial charge in [0, 0.05) is 17.6 Å². The second-order valence-corrected chi connectivity index (χ2v) is 3.80. The van der Waals surface area contributed by atoms with E-state index in [1.54, 1.807) is 0 Å². The number of nitrogens with one attached hydrogen (secondary N) is 1. The van der Waals surface area contributed by atoms with E-state index in [4.69, 9.17) is 11.6 Å². The van der Waals surface area contributed by atoms with Gasteiger partial charge in [0.1, 0.15) is 0 Å². The Morgan fingerprint density at radius 2 is 2.21 bits per heavy atom. The molecule has 0 saturated carbocycles. The highest BCUT2D eigenvalue weighted by Crippen LogP contribution is 2.14. The summed E-state index contributed by atoms with van der Waals surface area (Å²) in [6, 6.07) is 8.34. The summed E-state index contributed by atoms with van der Waals surface area (Å²) in [7, 11) is 0. The van der Waals surface area contributed by atoms with Crippen LogP contribution in [0.1, 0.15) is 18.9 Å². The Bertz CT molecular complexity index is 296. The molecule has 1 atom stereocenters. The van der Waals surface area contributed by atoms with Crippen molar-refractivity contribution in [3.05, 3.63) is 47.5 Å². The molecule has 1 nitrogen and oxygen atoms in total. The standard InChI is InChI=1S/C12H16ClN/c1-3-6-10(2)14-9-11-7-4-5-8-12(11)13/h3-5,7-8,10,14H,1,6,9H2,2H3. The first-order valence-corrected chi connectivity index (χ1v) is 5.19. The van der Waals surface area contributed by atoms with Crippen LogP contribution in [0.2, 0.25) is 5.02 Å². The highest BCUT2D eigenvalue weighted by molar-refractivity contribution is 6.31. The number of benzene rings is 1. The second kappa shape index (κ2) is 5.84. The minimum absolute atomic E-state index is 0.448. The molecule has 0 bridgehead atoms. The van der Waals surface area contributed by atoms with Crippen molar-refractivity contribution >= 4 is 11.6 Å². The number of hydrogen-bond donors (Lipinski definition) is 1. The van der Waals surface area contributed by atoms with Gasteiger partial charge in [0.05, 0.1) is 0 Å². The SMILES string of the molecule is C=CCC(C)NCc1ccccc1Cl. The van der Waals surface area contributed by atoms with Crippen molar-refractivity contribution in [1.82, 2.24) is 5.32 Å². The van der Waals surface area contributed by atoms with E-state index in [9.17, 15) is 0 Å². The van der Waals surface area contributed by atoms with Crippen molar-refractivity contribution in [3.63, 3.8) is 0 Å². The lowest BCUT2D eigenvalue weighted by Crippen LogP contribution is -2.24. The fourth-order valence-electron chi connectivity index (χ4n) is 1.26. The molecule has 1 rings (SSSR count). The van der Waals surface area contributed by atoms with Gasteiger partial charge in [-0.2, -0.15) is 0 Å². The molecule has 1 unspecified atom stereocenters. The van der Waals surface area contributed by atoms with Gasteiger partial charge in [0.2, 0.25) is 0 Å². The molecule has 0 aliphatic rings. The zero-order chi connectivity index (χ0) is 10.4. The van der Waals surface area contributed by atoms with Crippen LogP contribution in [0.5, 0.6) is 0 Å². The molecule has 0 aliphatic carbocycles. The molecule has 0 amide bonds. The number of rotatable bonds is 5. The summed E-state index contributed by atoms with van der Waals surface area (Å²) in [6.07, 6.45) is 2.90. The molecule has 0 radical (unpaired) electrons. The van der Waals surface area contributed by atoms with Gasteiger partial charge in [0.15, 0.2) is 0 Å². The van der Waals surface area contributed by atoms with E-state index >= 15 is 0 Å². The zero-order valence-corrected chi connectivity index (χ0v) is 9.22. The van der Waals surface area contributed by atoms with Crippen molar-refractivity contribution in [2.75, 3.05) is 0 Å². The van der Waals surface area contributed by atoms with Crippen molar-refractivity contribution in [2.45, 2.75) is 25.9 Å². The van der Waals surface area contributed by atoms with Crippen LogP contribution in [-0.4, -0.2) is 6.04 Å². The Balaban J connectivity index is 2.45. The third kappa shape index (κ3) is 3.52. The molecule has 1 aromatic carbocycles. The maximum Gasteiger partial charge on any atom is 0.0450 e. The van der Waals surface area contributed by atoms with Crippen LogP contribution >= 0.6 is 11.6 Å². The first kappa shape index (κ1) is 11.3. The lowest BCUT2D eigenvalue weighted by Gasteiger charge is -2.12. The fraction of sp³-hybridized carbons (Fsp3) is 0.333. The van der Waals surface area contributed by atoms with E-state index in [2.05, 4.69) is 18.8 Å². The van der Waals surface area contributed by atoms with E-state index in [1.165, 1.54) is 0 Å². The van der Waals surface area contributed by atoms with Gasteiger partial charge in [-0.25, -0.2) is 0 Å². The lowest BCUT2D eigenvalue weighted by molar-refractivity contribution is 0.554. The normalized spacial score (nSPS) is 12.4. The smallest absolute Gasteiger partial charge is 0.0450 e. The summed E-state index contributed by atoms with van der Waals surface area (Å²) in [4.78, 5) is 0. The van der Waals surface area contributed by atoms with Crippen molar-refractivity contribution in [3.8, 4) is 0 Å². The van der Waals surface area contributed by atoms with E-state index < -0.39 is 0 Å². The van der Waals surface area contributed by atoms with E-state index in [0.29, 0.717) is 6.04 Å². The average molecular weight is 210 g/mol. The van der Waals surface area contributed by atoms with E-state index in [-0.39, 0.29) is 0 Å². The van der Waals surface area contributed by atoms with Crippen LogP contribution in [0.15, 0.2) is 36.9 Å². The van der Waals surface area contributed by atoms with Crippen LogP contribution in [0.4, 0.5) is 0 Å². The molecular formula is C12H16ClN. The summed E-state index contributed by atoms with van der Waals surface area (Å²) in [6.45, 7) is 6.66. The van der Waals surface area contributed by atoms with Crippen molar-refractivity contribution in [1.29, 1.82) is 0 Å². The summed E-state index contributed by atoms with van der Waals surface area (Å²) in [5.41, 5.74) is 1.14. The molecule has 0 spiro atoms. The lowest BCUT2D eigenvalue weighted by atomic mass is 10.2. The largest absolute Gasteiger partial charge is 0.310 e. The van der Waals surface area contributed by atoms with Gasteiger partial charge in [0.25, 0.3) is 0 Å². The second-order valence-electron chi connectivity index (χ2n) is 3.40. The topological polar surface area (TPSA) is 12.0 Å². The third-order valence-electron chi connectivity index (χ3n) is 2.12. The molecule has 0 saturated heterocycles. The summed E-state index contributed by atoms with van der Waals surface area (Å²) in [5, 5.41) is 4.21. The van der Waals surface area contributed by atoms with E-state index in [1.807, 2.05) is 30.3 Å². The van der Waals surface area contributed by atoms with Crippen molar-refractivity contribution in [2.24, 2.45) is 0 Å². The van der Waals surface area contributed by atoms with Crippen molar-refractivity contribution < 1.29 is 0 Å². The molecule has 1 N–H and O–H groups in total. The highest BCUT2D eigenvalue weighted by atomic mass is 35.5. The Morgan fingerprint density at radius 1 is 1.50 bits per heavy atom. The Morgan fingerprint density at radius 3 is 2.86 bits per heavy atom. The van der Waals surface area contributed by atoms with Gasteiger partial charge in [-0.05, 0) is 25.0 Å². The maximum atomic E-state index is 6.02. The molecule has 0 aliphatic heterocycles. The van der Waals surface area contributed by atoms with Crippen LogP contribution in [0, 0.1) is 0 Å². The molecule has 1 aromatic rings. The predicted octanol–water partition coefficient (Wildman–Crippen LogP) is 3.39. The first-order valence-electron chi connectivity index (χ1n) is 4.81. The summed E-state index contributed by atoms with van der Waals surface area (Å²) < 4.78 is 0. The first-order chi connectivity index (χ1) is 6.74. The van der Waals surface area contributed by atoms with Crippen LogP contribution in [-0.2, 0) is 6.54 Å². The highest BCUT2D eigenvalue weighted by Gasteiger charge is 2.01. The number of halogens is 1. The average Bonchev–Trinajstić information content (AvgIpc) is 2.17. The van der Waals surface area contributed by atoms with Gasteiger partial charge in [-0.3, -0.25) is 0 Å².